The van der Waals surface area contributed by atoms with Crippen molar-refractivity contribution in [3.8, 4) is 6.07 Å². The Bertz CT molecular complexity index is 1260. The molecule has 3 aromatic rings. The van der Waals surface area contributed by atoms with Gasteiger partial charge in [0.15, 0.2) is 0 Å². The Morgan fingerprint density at radius 1 is 1.06 bits per heavy atom. The molecule has 0 radical (unpaired) electrons. The molecule has 0 unspecified atom stereocenters. The molecule has 1 fully saturated rings. The number of benzene rings is 3. The van der Waals surface area contributed by atoms with Gasteiger partial charge < -0.3 is 5.32 Å². The number of nitriles is 1. The van der Waals surface area contributed by atoms with E-state index in [1.54, 1.807) is 48.5 Å². The lowest BCUT2D eigenvalue weighted by molar-refractivity contribution is -0.117. The monoisotopic (exact) mass is 537 g/mol. The Balaban J connectivity index is 1.72. The lowest BCUT2D eigenvalue weighted by Crippen LogP contribution is -2.30. The van der Waals surface area contributed by atoms with E-state index in [9.17, 15) is 14.9 Å². The standard InChI is InChI=1S/C25H17BrClN3O2S/c26-17-6-10-19(11-7-17)29-23(31)21(15-28)25-30(20-12-8-18(27)9-13-20)24(32)22(33-25)14-16-4-2-1-3-5-16/h1-13,22H,14H2,(H,29,31)/b25-21-/t22-/m0/s1. The summed E-state index contributed by atoms with van der Waals surface area (Å²) in [6, 6.07) is 25.4. The quantitative estimate of drug-likeness (QED) is 0.312. The molecule has 4 rings (SSSR count). The number of nitrogens with zero attached hydrogens (tertiary/aromatic N) is 2. The molecular formula is C25H17BrClN3O2S. The number of hydrogen-bond acceptors (Lipinski definition) is 4. The van der Waals surface area contributed by atoms with Crippen molar-refractivity contribution in [2.45, 2.75) is 11.7 Å². The van der Waals surface area contributed by atoms with Crippen LogP contribution >= 0.6 is 39.3 Å². The number of rotatable bonds is 5. The molecule has 0 saturated carbocycles. The van der Waals surface area contributed by atoms with E-state index < -0.39 is 11.2 Å². The van der Waals surface area contributed by atoms with Crippen LogP contribution in [-0.4, -0.2) is 17.1 Å². The Kier molecular flexibility index (Phi) is 7.19. The van der Waals surface area contributed by atoms with Crippen LogP contribution in [0.4, 0.5) is 11.4 Å². The Labute approximate surface area is 209 Å². The molecule has 3 aromatic carbocycles. The molecule has 2 amide bonds. The lowest BCUT2D eigenvalue weighted by Gasteiger charge is -2.19. The van der Waals surface area contributed by atoms with Crippen LogP contribution in [0.3, 0.4) is 0 Å². The van der Waals surface area contributed by atoms with E-state index in [1.165, 1.54) is 16.7 Å². The molecule has 1 heterocycles. The van der Waals surface area contributed by atoms with Crippen molar-refractivity contribution in [2.24, 2.45) is 0 Å². The predicted octanol–water partition coefficient (Wildman–Crippen LogP) is 6.17. The maximum atomic E-state index is 13.4. The van der Waals surface area contributed by atoms with Crippen LogP contribution in [0.25, 0.3) is 0 Å². The highest BCUT2D eigenvalue weighted by molar-refractivity contribution is 9.10. The van der Waals surface area contributed by atoms with Crippen LogP contribution in [0.2, 0.25) is 5.02 Å². The molecule has 164 valence electrons. The fraction of sp³-hybridized carbons (Fsp3) is 0.0800. The largest absolute Gasteiger partial charge is 0.321 e. The third kappa shape index (κ3) is 5.31. The molecule has 0 aromatic heterocycles. The first kappa shape index (κ1) is 23.1. The normalized spacial score (nSPS) is 16.9. The summed E-state index contributed by atoms with van der Waals surface area (Å²) in [6.45, 7) is 0. The van der Waals surface area contributed by atoms with Crippen LogP contribution < -0.4 is 10.2 Å². The highest BCUT2D eigenvalue weighted by Gasteiger charge is 2.40. The summed E-state index contributed by atoms with van der Waals surface area (Å²) in [4.78, 5) is 27.9. The van der Waals surface area contributed by atoms with E-state index in [4.69, 9.17) is 11.6 Å². The topological polar surface area (TPSA) is 73.2 Å². The van der Waals surface area contributed by atoms with Gasteiger partial charge in [0.1, 0.15) is 16.7 Å². The average molecular weight is 539 g/mol. The number of nitrogens with one attached hydrogen (secondary N) is 1. The highest BCUT2D eigenvalue weighted by atomic mass is 79.9. The lowest BCUT2D eigenvalue weighted by atomic mass is 10.1. The first-order valence-corrected chi connectivity index (χ1v) is 12.0. The van der Waals surface area contributed by atoms with Crippen molar-refractivity contribution in [1.82, 2.24) is 0 Å². The molecule has 8 heteroatoms. The summed E-state index contributed by atoms with van der Waals surface area (Å²) in [5.74, 6) is -0.764. The van der Waals surface area contributed by atoms with Gasteiger partial charge in [-0.05, 0) is 60.5 Å². The zero-order chi connectivity index (χ0) is 23.4. The molecule has 0 spiro atoms. The summed E-state index contributed by atoms with van der Waals surface area (Å²) in [5, 5.41) is 13.0. The highest BCUT2D eigenvalue weighted by Crippen LogP contribution is 2.42. The molecule has 1 N–H and O–H groups in total. The molecule has 0 bridgehead atoms. The Morgan fingerprint density at radius 2 is 1.73 bits per heavy atom. The van der Waals surface area contributed by atoms with E-state index in [-0.39, 0.29) is 11.5 Å². The molecule has 1 aliphatic heterocycles. The maximum absolute atomic E-state index is 13.4. The minimum Gasteiger partial charge on any atom is -0.321 e. The molecule has 1 aliphatic rings. The second-order valence-electron chi connectivity index (χ2n) is 7.20. The molecular weight excluding hydrogens is 522 g/mol. The van der Waals surface area contributed by atoms with E-state index in [1.807, 2.05) is 36.4 Å². The zero-order valence-corrected chi connectivity index (χ0v) is 20.3. The van der Waals surface area contributed by atoms with Gasteiger partial charge in [-0.15, -0.1) is 0 Å². The van der Waals surface area contributed by atoms with E-state index in [0.717, 1.165) is 10.0 Å². The van der Waals surface area contributed by atoms with Crippen LogP contribution in [0.15, 0.2) is 93.9 Å². The molecule has 0 aliphatic carbocycles. The maximum Gasteiger partial charge on any atom is 0.269 e. The van der Waals surface area contributed by atoms with Crippen LogP contribution in [0, 0.1) is 11.3 Å². The van der Waals surface area contributed by atoms with E-state index >= 15 is 0 Å². The van der Waals surface area contributed by atoms with Crippen molar-refractivity contribution >= 4 is 62.5 Å². The van der Waals surface area contributed by atoms with Crippen LogP contribution in [0.1, 0.15) is 5.56 Å². The van der Waals surface area contributed by atoms with Crippen molar-refractivity contribution in [3.63, 3.8) is 0 Å². The van der Waals surface area contributed by atoms with Gasteiger partial charge >= 0.3 is 0 Å². The Hall–Kier alpha value is -3.05. The SMILES string of the molecule is N#C/C(C(=O)Nc1ccc(Br)cc1)=C1/S[C@@H](Cc2ccccc2)C(=O)N1c1ccc(Cl)cc1. The third-order valence-corrected chi connectivity index (χ3v) is 7.00. The molecule has 5 nitrogen and oxygen atoms in total. The number of carbonyl (C=O) groups excluding carboxylic acids is 2. The number of amides is 2. The van der Waals surface area contributed by atoms with Crippen LogP contribution in [-0.2, 0) is 16.0 Å². The first-order valence-electron chi connectivity index (χ1n) is 9.97. The number of carbonyl (C=O) groups is 2. The minimum absolute atomic E-state index is 0.123. The van der Waals surface area contributed by atoms with Crippen molar-refractivity contribution in [1.29, 1.82) is 5.26 Å². The smallest absolute Gasteiger partial charge is 0.269 e. The van der Waals surface area contributed by atoms with Gasteiger partial charge in [-0.1, -0.05) is 69.6 Å². The molecule has 33 heavy (non-hydrogen) atoms. The summed E-state index contributed by atoms with van der Waals surface area (Å²) in [5.41, 5.74) is 1.97. The van der Waals surface area contributed by atoms with Gasteiger partial charge in [-0.25, -0.2) is 0 Å². The average Bonchev–Trinajstić information content (AvgIpc) is 3.12. The summed E-state index contributed by atoms with van der Waals surface area (Å²) < 4.78 is 0.869. The van der Waals surface area contributed by atoms with Gasteiger partial charge in [0.05, 0.1) is 5.25 Å². The number of thioether (sulfide) groups is 1. The number of hydrogen-bond donors (Lipinski definition) is 1. The van der Waals surface area contributed by atoms with Crippen molar-refractivity contribution < 1.29 is 9.59 Å². The van der Waals surface area contributed by atoms with Crippen LogP contribution in [0.5, 0.6) is 0 Å². The fourth-order valence-corrected chi connectivity index (χ4v) is 5.07. The second kappa shape index (κ2) is 10.3. The summed E-state index contributed by atoms with van der Waals surface area (Å²) >= 11 is 10.6. The Morgan fingerprint density at radius 3 is 2.36 bits per heavy atom. The number of anilines is 2. The van der Waals surface area contributed by atoms with Gasteiger partial charge in [0.25, 0.3) is 5.91 Å². The third-order valence-electron chi connectivity index (χ3n) is 4.96. The van der Waals surface area contributed by atoms with Gasteiger partial charge in [0.2, 0.25) is 5.91 Å². The number of halogens is 2. The summed E-state index contributed by atoms with van der Waals surface area (Å²) in [7, 11) is 0. The first-order chi connectivity index (χ1) is 16.0. The van der Waals surface area contributed by atoms with E-state index in [2.05, 4.69) is 21.2 Å². The minimum atomic E-state index is -0.575. The van der Waals surface area contributed by atoms with Crippen molar-refractivity contribution in [2.75, 3.05) is 10.2 Å². The second-order valence-corrected chi connectivity index (χ2v) is 9.74. The van der Waals surface area contributed by atoms with Gasteiger partial charge in [-0.3, -0.25) is 14.5 Å². The van der Waals surface area contributed by atoms with Crippen molar-refractivity contribution in [3.05, 3.63) is 105 Å². The zero-order valence-electron chi connectivity index (χ0n) is 17.2. The molecule has 1 saturated heterocycles. The van der Waals surface area contributed by atoms with Gasteiger partial charge in [0, 0.05) is 20.9 Å². The predicted molar refractivity (Wildman–Crippen MR) is 136 cm³/mol. The fourth-order valence-electron chi connectivity index (χ4n) is 3.37. The van der Waals surface area contributed by atoms with Gasteiger partial charge in [-0.2, -0.15) is 5.26 Å². The van der Waals surface area contributed by atoms with E-state index in [0.29, 0.717) is 27.8 Å². The molecule has 1 atom stereocenters. The summed E-state index contributed by atoms with van der Waals surface area (Å²) in [6.07, 6.45) is 0.477.